The van der Waals surface area contributed by atoms with Crippen molar-refractivity contribution in [3.05, 3.63) is 51.3 Å². The van der Waals surface area contributed by atoms with Crippen molar-refractivity contribution in [2.45, 2.75) is 20.4 Å². The fourth-order valence-corrected chi connectivity index (χ4v) is 4.33. The molecule has 0 N–H and O–H groups in total. The third kappa shape index (κ3) is 3.22. The molecule has 0 aromatic carbocycles. The number of rotatable bonds is 3. The molecule has 0 saturated carbocycles. The zero-order chi connectivity index (χ0) is 19.8. The second kappa shape index (κ2) is 7.23. The summed E-state index contributed by atoms with van der Waals surface area (Å²) in [5, 5.41) is 0.590. The first-order valence-corrected chi connectivity index (χ1v) is 9.83. The number of aromatic nitrogens is 2. The topological polar surface area (TPSA) is 88.7 Å². The van der Waals surface area contributed by atoms with E-state index in [1.807, 2.05) is 13.8 Å². The summed E-state index contributed by atoms with van der Waals surface area (Å²) in [5.74, 6) is -0.0312. The Balaban J connectivity index is 1.43. The van der Waals surface area contributed by atoms with Gasteiger partial charge in [0.15, 0.2) is 5.76 Å². The van der Waals surface area contributed by atoms with Crippen LogP contribution in [0, 0.1) is 13.8 Å². The number of hydrogen-bond acceptors (Lipinski definition) is 6. The van der Waals surface area contributed by atoms with E-state index in [-0.39, 0.29) is 23.9 Å². The van der Waals surface area contributed by atoms with Crippen LogP contribution in [0.4, 0.5) is 0 Å². The molecule has 3 aromatic rings. The number of thiophene rings is 1. The van der Waals surface area contributed by atoms with E-state index in [1.54, 1.807) is 21.9 Å². The molecule has 0 unspecified atom stereocenters. The van der Waals surface area contributed by atoms with Crippen LogP contribution in [0.25, 0.3) is 10.2 Å². The standard InChI is InChI=1S/C19H20N4O4S/c1-12-13(2)28-17-16(12)19(26)23(11-20-17)10-15(24)21-5-7-22(8-6-21)18(25)14-4-3-9-27-14/h3-4,9,11H,5-8,10H2,1-2H3. The van der Waals surface area contributed by atoms with Crippen LogP contribution >= 0.6 is 11.3 Å². The van der Waals surface area contributed by atoms with Gasteiger partial charge in [0.2, 0.25) is 5.91 Å². The predicted molar refractivity (Wildman–Crippen MR) is 105 cm³/mol. The molecule has 0 spiro atoms. The number of hydrogen-bond donors (Lipinski definition) is 0. The maximum atomic E-state index is 12.7. The monoisotopic (exact) mass is 400 g/mol. The van der Waals surface area contributed by atoms with Gasteiger partial charge >= 0.3 is 0 Å². The van der Waals surface area contributed by atoms with E-state index in [2.05, 4.69) is 4.98 Å². The first kappa shape index (κ1) is 18.4. The molecule has 2 amide bonds. The van der Waals surface area contributed by atoms with Crippen molar-refractivity contribution in [2.75, 3.05) is 26.2 Å². The minimum Gasteiger partial charge on any atom is -0.459 e. The van der Waals surface area contributed by atoms with Crippen LogP contribution in [0.5, 0.6) is 0 Å². The van der Waals surface area contributed by atoms with E-state index in [0.29, 0.717) is 42.2 Å². The molecule has 0 aliphatic carbocycles. The van der Waals surface area contributed by atoms with Crippen molar-refractivity contribution in [3.8, 4) is 0 Å². The SMILES string of the molecule is Cc1sc2ncn(CC(=O)N3CCN(C(=O)c4ccco4)CC3)c(=O)c2c1C. The van der Waals surface area contributed by atoms with Crippen LogP contribution in [-0.2, 0) is 11.3 Å². The van der Waals surface area contributed by atoms with Gasteiger partial charge in [-0.2, -0.15) is 0 Å². The van der Waals surface area contributed by atoms with Gasteiger partial charge in [0.1, 0.15) is 11.4 Å². The van der Waals surface area contributed by atoms with Gasteiger partial charge < -0.3 is 14.2 Å². The lowest BCUT2D eigenvalue weighted by Gasteiger charge is -2.34. The molecule has 4 heterocycles. The number of fused-ring (bicyclic) bond motifs is 1. The molecule has 4 rings (SSSR count). The lowest BCUT2D eigenvalue weighted by molar-refractivity contribution is -0.133. The van der Waals surface area contributed by atoms with Crippen LogP contribution in [0.1, 0.15) is 21.0 Å². The summed E-state index contributed by atoms with van der Waals surface area (Å²) in [4.78, 5) is 47.2. The largest absolute Gasteiger partial charge is 0.459 e. The third-order valence-corrected chi connectivity index (χ3v) is 6.23. The molecule has 0 atom stereocenters. The number of nitrogens with zero attached hydrogens (tertiary/aromatic N) is 4. The number of aryl methyl sites for hydroxylation is 2. The molecule has 3 aromatic heterocycles. The Morgan fingerprint density at radius 2 is 1.89 bits per heavy atom. The fourth-order valence-electron chi connectivity index (χ4n) is 3.34. The maximum absolute atomic E-state index is 12.7. The zero-order valence-corrected chi connectivity index (χ0v) is 16.5. The number of furan rings is 1. The Morgan fingerprint density at radius 1 is 1.18 bits per heavy atom. The van der Waals surface area contributed by atoms with Crippen LogP contribution in [0.3, 0.4) is 0 Å². The highest BCUT2D eigenvalue weighted by atomic mass is 32.1. The quantitative estimate of drug-likeness (QED) is 0.667. The Kier molecular flexibility index (Phi) is 4.76. The summed E-state index contributed by atoms with van der Waals surface area (Å²) in [6.07, 6.45) is 2.90. The van der Waals surface area contributed by atoms with Crippen LogP contribution in [0.2, 0.25) is 0 Å². The zero-order valence-electron chi connectivity index (χ0n) is 15.7. The van der Waals surface area contributed by atoms with Gasteiger partial charge in [-0.3, -0.25) is 19.0 Å². The number of carbonyl (C=O) groups excluding carboxylic acids is 2. The van der Waals surface area contributed by atoms with E-state index in [0.717, 1.165) is 10.4 Å². The van der Waals surface area contributed by atoms with Crippen molar-refractivity contribution >= 4 is 33.4 Å². The van der Waals surface area contributed by atoms with E-state index >= 15 is 0 Å². The first-order chi connectivity index (χ1) is 13.5. The second-order valence-electron chi connectivity index (χ2n) is 6.79. The van der Waals surface area contributed by atoms with Crippen molar-refractivity contribution in [1.82, 2.24) is 19.4 Å². The summed E-state index contributed by atoms with van der Waals surface area (Å²) < 4.78 is 6.51. The summed E-state index contributed by atoms with van der Waals surface area (Å²) in [5.41, 5.74) is 0.733. The average molecular weight is 400 g/mol. The van der Waals surface area contributed by atoms with Gasteiger partial charge in [-0.15, -0.1) is 11.3 Å². The van der Waals surface area contributed by atoms with Gasteiger partial charge in [0, 0.05) is 31.1 Å². The molecule has 1 fully saturated rings. The van der Waals surface area contributed by atoms with Crippen molar-refractivity contribution in [2.24, 2.45) is 0 Å². The Labute approximate surface area is 165 Å². The van der Waals surface area contributed by atoms with Gasteiger partial charge in [-0.1, -0.05) is 0 Å². The van der Waals surface area contributed by atoms with Crippen LogP contribution in [0.15, 0.2) is 33.9 Å². The molecule has 8 nitrogen and oxygen atoms in total. The predicted octanol–water partition coefficient (Wildman–Crippen LogP) is 1.65. The molecule has 9 heteroatoms. The lowest BCUT2D eigenvalue weighted by atomic mass is 10.2. The Hall–Kier alpha value is -2.94. The average Bonchev–Trinajstić information content (AvgIpc) is 3.33. The van der Waals surface area contributed by atoms with Crippen LogP contribution in [-0.4, -0.2) is 57.3 Å². The second-order valence-corrected chi connectivity index (χ2v) is 7.99. The number of carbonyl (C=O) groups is 2. The minimum absolute atomic E-state index is 0.0533. The summed E-state index contributed by atoms with van der Waals surface area (Å²) in [6, 6.07) is 3.30. The third-order valence-electron chi connectivity index (χ3n) is 5.11. The smallest absolute Gasteiger partial charge is 0.289 e. The van der Waals surface area contributed by atoms with Crippen molar-refractivity contribution in [3.63, 3.8) is 0 Å². The molecule has 1 aliphatic heterocycles. The molecule has 146 valence electrons. The Morgan fingerprint density at radius 3 is 2.57 bits per heavy atom. The molecule has 0 bridgehead atoms. The van der Waals surface area contributed by atoms with Gasteiger partial charge in [0.25, 0.3) is 11.5 Å². The highest BCUT2D eigenvalue weighted by Crippen LogP contribution is 2.25. The highest BCUT2D eigenvalue weighted by Gasteiger charge is 2.26. The van der Waals surface area contributed by atoms with E-state index < -0.39 is 0 Å². The number of amides is 2. The summed E-state index contributed by atoms with van der Waals surface area (Å²) >= 11 is 1.49. The van der Waals surface area contributed by atoms with E-state index in [4.69, 9.17) is 4.42 Å². The molecule has 0 radical (unpaired) electrons. The lowest BCUT2D eigenvalue weighted by Crippen LogP contribution is -2.51. The van der Waals surface area contributed by atoms with Gasteiger partial charge in [0.05, 0.1) is 18.0 Å². The number of piperazine rings is 1. The molecule has 1 saturated heterocycles. The molecular weight excluding hydrogens is 380 g/mol. The normalized spacial score (nSPS) is 14.6. The maximum Gasteiger partial charge on any atom is 0.289 e. The highest BCUT2D eigenvalue weighted by molar-refractivity contribution is 7.18. The van der Waals surface area contributed by atoms with Crippen molar-refractivity contribution < 1.29 is 14.0 Å². The minimum atomic E-state index is -0.188. The van der Waals surface area contributed by atoms with E-state index in [1.165, 1.54) is 28.5 Å². The Bertz CT molecular complexity index is 1090. The summed E-state index contributed by atoms with van der Waals surface area (Å²) in [7, 11) is 0. The first-order valence-electron chi connectivity index (χ1n) is 9.01. The molecular formula is C19H20N4O4S. The summed E-state index contributed by atoms with van der Waals surface area (Å²) in [6.45, 7) is 5.51. The van der Waals surface area contributed by atoms with Gasteiger partial charge in [-0.05, 0) is 31.5 Å². The van der Waals surface area contributed by atoms with Gasteiger partial charge in [-0.25, -0.2) is 4.98 Å². The van der Waals surface area contributed by atoms with E-state index in [9.17, 15) is 14.4 Å². The molecule has 1 aliphatic rings. The molecule has 28 heavy (non-hydrogen) atoms. The van der Waals surface area contributed by atoms with Crippen LogP contribution < -0.4 is 5.56 Å². The van der Waals surface area contributed by atoms with Crippen molar-refractivity contribution in [1.29, 1.82) is 0 Å². The fraction of sp³-hybridized carbons (Fsp3) is 0.368.